The lowest BCUT2D eigenvalue weighted by molar-refractivity contribution is 0.415. The molecule has 0 aliphatic carbocycles. The van der Waals surface area contributed by atoms with Gasteiger partial charge in [0.1, 0.15) is 5.75 Å². The number of fused-ring (bicyclic) bond motifs is 1. The quantitative estimate of drug-likeness (QED) is 0.769. The summed E-state index contributed by atoms with van der Waals surface area (Å²) in [6.07, 6.45) is 1.83. The van der Waals surface area contributed by atoms with Gasteiger partial charge >= 0.3 is 0 Å². The molecule has 0 radical (unpaired) electrons. The summed E-state index contributed by atoms with van der Waals surface area (Å²) in [5, 5.41) is 5.94. The van der Waals surface area contributed by atoms with Crippen LogP contribution in [0.25, 0.3) is 10.8 Å². The number of nitrogens with one attached hydrogen (secondary N) is 1. The molecule has 1 aromatic heterocycles. The monoisotopic (exact) mass is 292 g/mol. The van der Waals surface area contributed by atoms with Crippen molar-refractivity contribution >= 4 is 10.8 Å². The zero-order valence-electron chi connectivity index (χ0n) is 12.9. The molecule has 0 fully saturated rings. The largest absolute Gasteiger partial charge is 0.497 e. The maximum atomic E-state index is 5.26. The number of pyridine rings is 1. The zero-order valence-corrected chi connectivity index (χ0v) is 12.9. The van der Waals surface area contributed by atoms with E-state index in [2.05, 4.69) is 47.6 Å². The summed E-state index contributed by atoms with van der Waals surface area (Å²) < 4.78 is 5.26. The Morgan fingerprint density at radius 2 is 1.86 bits per heavy atom. The van der Waals surface area contributed by atoms with Gasteiger partial charge in [0, 0.05) is 18.8 Å². The van der Waals surface area contributed by atoms with Crippen LogP contribution in [0, 0.1) is 0 Å². The van der Waals surface area contributed by atoms with Gasteiger partial charge in [-0.15, -0.1) is 0 Å². The first kappa shape index (κ1) is 14.5. The number of ether oxygens (including phenoxy) is 1. The van der Waals surface area contributed by atoms with Gasteiger partial charge in [-0.25, -0.2) is 0 Å². The molecule has 22 heavy (non-hydrogen) atoms. The van der Waals surface area contributed by atoms with Gasteiger partial charge in [-0.2, -0.15) is 0 Å². The van der Waals surface area contributed by atoms with E-state index in [1.807, 2.05) is 30.5 Å². The smallest absolute Gasteiger partial charge is 0.119 e. The molecule has 0 saturated carbocycles. The maximum Gasteiger partial charge on any atom is 0.119 e. The molecule has 0 aliphatic heterocycles. The second-order valence-corrected chi connectivity index (χ2v) is 5.40. The minimum atomic E-state index is 0.229. The van der Waals surface area contributed by atoms with E-state index in [0.717, 1.165) is 18.0 Å². The molecule has 0 bridgehead atoms. The molecule has 112 valence electrons. The highest BCUT2D eigenvalue weighted by Gasteiger charge is 2.06. The summed E-state index contributed by atoms with van der Waals surface area (Å²) >= 11 is 0. The minimum absolute atomic E-state index is 0.229. The van der Waals surface area contributed by atoms with Crippen molar-refractivity contribution in [1.29, 1.82) is 0 Å². The number of hydrogen-bond acceptors (Lipinski definition) is 3. The van der Waals surface area contributed by atoms with Crippen molar-refractivity contribution in [2.24, 2.45) is 0 Å². The minimum Gasteiger partial charge on any atom is -0.497 e. The van der Waals surface area contributed by atoms with Crippen LogP contribution in [-0.2, 0) is 6.54 Å². The van der Waals surface area contributed by atoms with Crippen LogP contribution in [0.1, 0.15) is 24.2 Å². The Morgan fingerprint density at radius 1 is 1.05 bits per heavy atom. The van der Waals surface area contributed by atoms with Crippen LogP contribution >= 0.6 is 0 Å². The third-order valence-electron chi connectivity index (χ3n) is 3.86. The molecule has 3 rings (SSSR count). The molecular formula is C19H20N2O. The number of rotatable bonds is 5. The molecule has 1 heterocycles. The molecular weight excluding hydrogens is 272 g/mol. The number of hydrogen-bond donors (Lipinski definition) is 1. The molecule has 0 spiro atoms. The standard InChI is InChI=1S/C19H20N2O/c1-14(19-5-3-4-10-20-19)21-13-15-6-7-17-12-18(22-2)9-8-16(17)11-15/h3-12,14,21H,13H2,1-2H3/t14-/m1/s1. The van der Waals surface area contributed by atoms with Crippen LogP contribution in [0.2, 0.25) is 0 Å². The topological polar surface area (TPSA) is 34.1 Å². The van der Waals surface area contributed by atoms with Gasteiger partial charge in [0.25, 0.3) is 0 Å². The van der Waals surface area contributed by atoms with E-state index in [-0.39, 0.29) is 6.04 Å². The van der Waals surface area contributed by atoms with Crippen molar-refractivity contribution in [3.63, 3.8) is 0 Å². The van der Waals surface area contributed by atoms with E-state index in [9.17, 15) is 0 Å². The molecule has 2 aromatic carbocycles. The van der Waals surface area contributed by atoms with Gasteiger partial charge in [-0.3, -0.25) is 4.98 Å². The van der Waals surface area contributed by atoms with Gasteiger partial charge < -0.3 is 10.1 Å². The summed E-state index contributed by atoms with van der Waals surface area (Å²) in [5.41, 5.74) is 2.33. The molecule has 1 N–H and O–H groups in total. The van der Waals surface area contributed by atoms with Crippen LogP contribution < -0.4 is 10.1 Å². The Bertz CT molecular complexity index is 756. The lowest BCUT2D eigenvalue weighted by atomic mass is 10.1. The number of methoxy groups -OCH3 is 1. The first-order chi connectivity index (χ1) is 10.8. The zero-order chi connectivity index (χ0) is 15.4. The summed E-state index contributed by atoms with van der Waals surface area (Å²) in [7, 11) is 1.69. The van der Waals surface area contributed by atoms with Crippen LogP contribution in [-0.4, -0.2) is 12.1 Å². The molecule has 3 aromatic rings. The third-order valence-corrected chi connectivity index (χ3v) is 3.86. The van der Waals surface area contributed by atoms with Crippen molar-refractivity contribution in [1.82, 2.24) is 10.3 Å². The highest BCUT2D eigenvalue weighted by atomic mass is 16.5. The summed E-state index contributed by atoms with van der Waals surface area (Å²) in [5.74, 6) is 0.891. The van der Waals surface area contributed by atoms with Gasteiger partial charge in [-0.1, -0.05) is 24.3 Å². The van der Waals surface area contributed by atoms with E-state index in [0.29, 0.717) is 0 Å². The second kappa shape index (κ2) is 6.58. The molecule has 0 unspecified atom stereocenters. The molecule has 0 saturated heterocycles. The summed E-state index contributed by atoms with van der Waals surface area (Å²) in [6.45, 7) is 2.95. The Morgan fingerprint density at radius 3 is 2.64 bits per heavy atom. The first-order valence-corrected chi connectivity index (χ1v) is 7.47. The van der Waals surface area contributed by atoms with E-state index in [1.165, 1.54) is 16.3 Å². The first-order valence-electron chi connectivity index (χ1n) is 7.47. The molecule has 0 amide bonds. The van der Waals surface area contributed by atoms with Crippen molar-refractivity contribution in [3.05, 3.63) is 72.1 Å². The molecule has 3 heteroatoms. The fourth-order valence-corrected chi connectivity index (χ4v) is 2.52. The van der Waals surface area contributed by atoms with Crippen molar-refractivity contribution in [2.45, 2.75) is 19.5 Å². The van der Waals surface area contributed by atoms with E-state index < -0.39 is 0 Å². The molecule has 3 nitrogen and oxygen atoms in total. The lowest BCUT2D eigenvalue weighted by Gasteiger charge is -2.13. The average molecular weight is 292 g/mol. The van der Waals surface area contributed by atoms with Crippen molar-refractivity contribution in [2.75, 3.05) is 7.11 Å². The Balaban J connectivity index is 1.71. The lowest BCUT2D eigenvalue weighted by Crippen LogP contribution is -2.18. The predicted molar refractivity (Wildman–Crippen MR) is 90.0 cm³/mol. The Hall–Kier alpha value is -2.39. The average Bonchev–Trinajstić information content (AvgIpc) is 2.59. The molecule has 1 atom stereocenters. The SMILES string of the molecule is COc1ccc2cc(CN[C@H](C)c3ccccn3)ccc2c1. The summed E-state index contributed by atoms with van der Waals surface area (Å²) in [4.78, 5) is 4.38. The normalized spacial score (nSPS) is 12.3. The van der Waals surface area contributed by atoms with Crippen LogP contribution in [0.15, 0.2) is 60.8 Å². The fraction of sp³-hybridized carbons (Fsp3) is 0.211. The predicted octanol–water partition coefficient (Wildman–Crippen LogP) is 4.09. The Labute approximate surface area is 131 Å². The van der Waals surface area contributed by atoms with Crippen molar-refractivity contribution < 1.29 is 4.74 Å². The maximum absolute atomic E-state index is 5.26. The number of benzene rings is 2. The second-order valence-electron chi connectivity index (χ2n) is 5.40. The highest BCUT2D eigenvalue weighted by Crippen LogP contribution is 2.22. The van der Waals surface area contributed by atoms with E-state index >= 15 is 0 Å². The number of aromatic nitrogens is 1. The van der Waals surface area contributed by atoms with Gasteiger partial charge in [-0.05, 0) is 53.6 Å². The molecule has 0 aliphatic rings. The summed E-state index contributed by atoms with van der Waals surface area (Å²) in [6, 6.07) is 18.9. The van der Waals surface area contributed by atoms with Crippen LogP contribution in [0.4, 0.5) is 0 Å². The van der Waals surface area contributed by atoms with Crippen LogP contribution in [0.3, 0.4) is 0 Å². The van der Waals surface area contributed by atoms with Gasteiger partial charge in [0.2, 0.25) is 0 Å². The Kier molecular flexibility index (Phi) is 4.35. The third kappa shape index (κ3) is 3.26. The van der Waals surface area contributed by atoms with E-state index in [4.69, 9.17) is 4.74 Å². The van der Waals surface area contributed by atoms with Gasteiger partial charge in [0.15, 0.2) is 0 Å². The van der Waals surface area contributed by atoms with Crippen LogP contribution in [0.5, 0.6) is 5.75 Å². The highest BCUT2D eigenvalue weighted by molar-refractivity contribution is 5.84. The van der Waals surface area contributed by atoms with Gasteiger partial charge in [0.05, 0.1) is 12.8 Å². The van der Waals surface area contributed by atoms with Crippen molar-refractivity contribution in [3.8, 4) is 5.75 Å². The number of nitrogens with zero attached hydrogens (tertiary/aromatic N) is 1. The van der Waals surface area contributed by atoms with E-state index in [1.54, 1.807) is 7.11 Å². The fourth-order valence-electron chi connectivity index (χ4n) is 2.52.